The van der Waals surface area contributed by atoms with Crippen molar-refractivity contribution in [2.24, 2.45) is 0 Å². The number of ketones is 1. The minimum Gasteiger partial charge on any atom is -0.341 e. The lowest BCUT2D eigenvalue weighted by Crippen LogP contribution is -2.16. The molecule has 0 fully saturated rings. The lowest BCUT2D eigenvalue weighted by molar-refractivity contribution is 0.101. The minimum atomic E-state index is 0.0251. The van der Waals surface area contributed by atoms with Crippen LogP contribution in [-0.4, -0.2) is 12.3 Å². The minimum absolute atomic E-state index is 0.0251. The molecule has 0 spiro atoms. The van der Waals surface area contributed by atoms with Gasteiger partial charge in [-0.05, 0) is 56.7 Å². The Morgan fingerprint density at radius 2 is 1.95 bits per heavy atom. The number of carbonyl (C=O) groups is 1. The zero-order valence-corrected chi connectivity index (χ0v) is 12.7. The van der Waals surface area contributed by atoms with E-state index in [1.807, 2.05) is 18.2 Å². The smallest absolute Gasteiger partial charge is 0.159 e. The standard InChI is InChI=1S/C17H18ClNO/c1-4-19(15-7-5-6-12(2)10-15)17-9-8-14(13(3)20)11-16(17)18/h5-11H,4H2,1-3H3. The third-order valence-corrected chi connectivity index (χ3v) is 3.58. The van der Waals surface area contributed by atoms with Crippen LogP contribution in [0.4, 0.5) is 11.4 Å². The summed E-state index contributed by atoms with van der Waals surface area (Å²) in [7, 11) is 0. The van der Waals surface area contributed by atoms with E-state index in [-0.39, 0.29) is 5.78 Å². The van der Waals surface area contributed by atoms with E-state index >= 15 is 0 Å². The van der Waals surface area contributed by atoms with Crippen LogP contribution >= 0.6 is 11.6 Å². The molecule has 2 nitrogen and oxygen atoms in total. The van der Waals surface area contributed by atoms with Crippen LogP contribution in [0.2, 0.25) is 5.02 Å². The fraction of sp³-hybridized carbons (Fsp3) is 0.235. The van der Waals surface area contributed by atoms with E-state index in [4.69, 9.17) is 11.6 Å². The number of Topliss-reactive ketones (excluding diaryl/α,β-unsaturated/α-hetero) is 1. The Balaban J connectivity index is 2.44. The molecule has 0 saturated carbocycles. The Morgan fingerprint density at radius 3 is 2.50 bits per heavy atom. The number of nitrogens with zero attached hydrogens (tertiary/aromatic N) is 1. The first-order valence-electron chi connectivity index (χ1n) is 6.67. The van der Waals surface area contributed by atoms with Gasteiger partial charge in [0.2, 0.25) is 0 Å². The maximum Gasteiger partial charge on any atom is 0.159 e. The van der Waals surface area contributed by atoms with Crippen LogP contribution in [0.25, 0.3) is 0 Å². The molecular formula is C17H18ClNO. The molecule has 0 aliphatic heterocycles. The van der Waals surface area contributed by atoms with Gasteiger partial charge in [-0.25, -0.2) is 0 Å². The summed E-state index contributed by atoms with van der Waals surface area (Å²) in [5.74, 6) is 0.0251. The summed E-state index contributed by atoms with van der Waals surface area (Å²) in [6.45, 7) is 6.50. The number of rotatable bonds is 4. The average Bonchev–Trinajstić information content (AvgIpc) is 2.41. The van der Waals surface area contributed by atoms with Gasteiger partial charge in [-0.15, -0.1) is 0 Å². The summed E-state index contributed by atoms with van der Waals surface area (Å²) < 4.78 is 0. The van der Waals surface area contributed by atoms with Crippen molar-refractivity contribution in [1.82, 2.24) is 0 Å². The lowest BCUT2D eigenvalue weighted by atomic mass is 10.1. The number of hydrogen-bond acceptors (Lipinski definition) is 2. The summed E-state index contributed by atoms with van der Waals surface area (Å²) >= 11 is 6.34. The van der Waals surface area contributed by atoms with E-state index < -0.39 is 0 Å². The molecule has 0 aromatic heterocycles. The molecule has 0 unspecified atom stereocenters. The molecule has 0 amide bonds. The van der Waals surface area contributed by atoms with Crippen LogP contribution in [-0.2, 0) is 0 Å². The summed E-state index contributed by atoms with van der Waals surface area (Å²) in [6.07, 6.45) is 0. The second-order valence-corrected chi connectivity index (χ2v) is 5.21. The number of halogens is 1. The predicted molar refractivity (Wildman–Crippen MR) is 85.3 cm³/mol. The number of hydrogen-bond donors (Lipinski definition) is 0. The van der Waals surface area contributed by atoms with E-state index in [1.54, 1.807) is 13.0 Å². The van der Waals surface area contributed by atoms with Crippen molar-refractivity contribution in [3.8, 4) is 0 Å². The SMILES string of the molecule is CCN(c1cccc(C)c1)c1ccc(C(C)=O)cc1Cl. The molecule has 2 rings (SSSR count). The Kier molecular flexibility index (Phi) is 4.46. The molecular weight excluding hydrogens is 270 g/mol. The van der Waals surface area contributed by atoms with Gasteiger partial charge in [0.25, 0.3) is 0 Å². The van der Waals surface area contributed by atoms with Gasteiger partial charge in [0.1, 0.15) is 0 Å². The van der Waals surface area contributed by atoms with Gasteiger partial charge in [-0.1, -0.05) is 23.7 Å². The van der Waals surface area contributed by atoms with Crippen LogP contribution in [0.15, 0.2) is 42.5 Å². The molecule has 20 heavy (non-hydrogen) atoms. The van der Waals surface area contributed by atoms with Crippen molar-refractivity contribution in [1.29, 1.82) is 0 Å². The van der Waals surface area contributed by atoms with Crippen LogP contribution < -0.4 is 4.90 Å². The summed E-state index contributed by atoms with van der Waals surface area (Å²) in [5.41, 5.74) is 3.87. The Labute approximate surface area is 125 Å². The van der Waals surface area contributed by atoms with Crippen molar-refractivity contribution in [3.05, 3.63) is 58.6 Å². The maximum atomic E-state index is 11.4. The van der Waals surface area contributed by atoms with Gasteiger partial charge >= 0.3 is 0 Å². The molecule has 0 aliphatic carbocycles. The highest BCUT2D eigenvalue weighted by atomic mass is 35.5. The number of carbonyl (C=O) groups excluding carboxylic acids is 1. The normalized spacial score (nSPS) is 10.4. The molecule has 0 saturated heterocycles. The van der Waals surface area contributed by atoms with Gasteiger partial charge < -0.3 is 4.90 Å². The summed E-state index contributed by atoms with van der Waals surface area (Å²) in [6, 6.07) is 13.7. The Bertz CT molecular complexity index is 637. The van der Waals surface area contributed by atoms with Crippen molar-refractivity contribution < 1.29 is 4.79 Å². The van der Waals surface area contributed by atoms with Crippen molar-refractivity contribution >= 4 is 28.8 Å². The van der Waals surface area contributed by atoms with Crippen LogP contribution in [0.3, 0.4) is 0 Å². The quantitative estimate of drug-likeness (QED) is 0.737. The first-order valence-corrected chi connectivity index (χ1v) is 7.05. The first kappa shape index (κ1) is 14.6. The molecule has 0 atom stereocenters. The van der Waals surface area contributed by atoms with Gasteiger partial charge in [-0.3, -0.25) is 4.79 Å². The zero-order chi connectivity index (χ0) is 14.7. The highest BCUT2D eigenvalue weighted by Gasteiger charge is 2.12. The molecule has 0 radical (unpaired) electrons. The molecule has 0 aliphatic rings. The molecule has 3 heteroatoms. The fourth-order valence-corrected chi connectivity index (χ4v) is 2.52. The van der Waals surface area contributed by atoms with E-state index in [0.29, 0.717) is 10.6 Å². The number of aryl methyl sites for hydroxylation is 1. The topological polar surface area (TPSA) is 20.3 Å². The molecule has 0 bridgehead atoms. The highest BCUT2D eigenvalue weighted by molar-refractivity contribution is 6.33. The largest absolute Gasteiger partial charge is 0.341 e. The van der Waals surface area contributed by atoms with E-state index in [9.17, 15) is 4.79 Å². The van der Waals surface area contributed by atoms with Gasteiger partial charge in [-0.2, -0.15) is 0 Å². The lowest BCUT2D eigenvalue weighted by Gasteiger charge is -2.25. The summed E-state index contributed by atoms with van der Waals surface area (Å²) in [5, 5.41) is 0.598. The number of anilines is 2. The van der Waals surface area contributed by atoms with Gasteiger partial charge in [0.15, 0.2) is 5.78 Å². The Morgan fingerprint density at radius 1 is 1.20 bits per heavy atom. The Hall–Kier alpha value is -1.80. The van der Waals surface area contributed by atoms with Gasteiger partial charge in [0.05, 0.1) is 10.7 Å². The second kappa shape index (κ2) is 6.10. The van der Waals surface area contributed by atoms with E-state index in [0.717, 1.165) is 17.9 Å². The maximum absolute atomic E-state index is 11.4. The van der Waals surface area contributed by atoms with Crippen molar-refractivity contribution in [2.75, 3.05) is 11.4 Å². The average molecular weight is 288 g/mol. The summed E-state index contributed by atoms with van der Waals surface area (Å²) in [4.78, 5) is 13.5. The van der Waals surface area contributed by atoms with Crippen molar-refractivity contribution in [3.63, 3.8) is 0 Å². The molecule has 2 aromatic rings. The molecule has 104 valence electrons. The number of benzene rings is 2. The van der Waals surface area contributed by atoms with Crippen LogP contribution in [0, 0.1) is 6.92 Å². The van der Waals surface area contributed by atoms with E-state index in [1.165, 1.54) is 5.56 Å². The molecule has 2 aromatic carbocycles. The molecule has 0 N–H and O–H groups in total. The van der Waals surface area contributed by atoms with Gasteiger partial charge in [0, 0.05) is 17.8 Å². The monoisotopic (exact) mass is 287 g/mol. The van der Waals surface area contributed by atoms with Crippen LogP contribution in [0.5, 0.6) is 0 Å². The van der Waals surface area contributed by atoms with E-state index in [2.05, 4.69) is 36.9 Å². The zero-order valence-electron chi connectivity index (χ0n) is 12.0. The first-order chi connectivity index (χ1) is 9.52. The second-order valence-electron chi connectivity index (χ2n) is 4.81. The fourth-order valence-electron chi connectivity index (χ4n) is 2.23. The highest BCUT2D eigenvalue weighted by Crippen LogP contribution is 2.32. The third kappa shape index (κ3) is 3.02. The molecule has 0 heterocycles. The van der Waals surface area contributed by atoms with Crippen LogP contribution in [0.1, 0.15) is 29.8 Å². The predicted octanol–water partition coefficient (Wildman–Crippen LogP) is 5.01. The third-order valence-electron chi connectivity index (χ3n) is 3.27. The van der Waals surface area contributed by atoms with Crippen molar-refractivity contribution in [2.45, 2.75) is 20.8 Å².